The zero-order valence-electron chi connectivity index (χ0n) is 18.3. The van der Waals surface area contributed by atoms with Crippen LogP contribution in [0.3, 0.4) is 0 Å². The Morgan fingerprint density at radius 2 is 1.90 bits per heavy atom. The standard InChI is InChI=1S/C25H33N3O3/c1-16-6-8-19(9-7-16)31-24-13-18-15-28(14-17(18)12-23(24)29)25(30)11-10-22-20-4-2-3-5-21(20)26-27-22/h6-9,17-18,23-24,29H,2-5,10-15H2,1H3,(H,26,27)/t17-,18+,23+,24+/m0/s1. The zero-order valence-corrected chi connectivity index (χ0v) is 18.3. The number of carbonyl (C=O) groups is 1. The van der Waals surface area contributed by atoms with Crippen LogP contribution in [0, 0.1) is 18.8 Å². The number of aromatic nitrogens is 2. The molecule has 1 amide bonds. The molecule has 4 atom stereocenters. The van der Waals surface area contributed by atoms with Crippen molar-refractivity contribution in [1.82, 2.24) is 15.1 Å². The smallest absolute Gasteiger partial charge is 0.222 e. The van der Waals surface area contributed by atoms with E-state index >= 15 is 0 Å². The Bertz CT molecular complexity index is 923. The zero-order chi connectivity index (χ0) is 21.4. The fourth-order valence-electron chi connectivity index (χ4n) is 5.65. The molecule has 166 valence electrons. The molecule has 2 heterocycles. The fourth-order valence-corrected chi connectivity index (χ4v) is 5.65. The van der Waals surface area contributed by atoms with Crippen molar-refractivity contribution in [2.75, 3.05) is 13.1 Å². The molecule has 0 bridgehead atoms. The first-order chi connectivity index (χ1) is 15.1. The molecule has 1 aromatic carbocycles. The van der Waals surface area contributed by atoms with Gasteiger partial charge in [0, 0.05) is 31.6 Å². The first-order valence-corrected chi connectivity index (χ1v) is 11.8. The Morgan fingerprint density at radius 3 is 2.71 bits per heavy atom. The van der Waals surface area contributed by atoms with Gasteiger partial charge in [0.15, 0.2) is 0 Å². The lowest BCUT2D eigenvalue weighted by Gasteiger charge is -2.35. The summed E-state index contributed by atoms with van der Waals surface area (Å²) in [7, 11) is 0. The minimum atomic E-state index is -0.479. The molecule has 0 spiro atoms. The molecule has 1 saturated heterocycles. The Kier molecular flexibility index (Phi) is 5.74. The molecule has 5 rings (SSSR count). The molecule has 2 N–H and O–H groups in total. The van der Waals surface area contributed by atoms with Crippen LogP contribution in [0.25, 0.3) is 0 Å². The summed E-state index contributed by atoms with van der Waals surface area (Å²) in [5.41, 5.74) is 4.90. The number of aliphatic hydroxyl groups is 1. The topological polar surface area (TPSA) is 78.5 Å². The number of nitrogens with one attached hydrogen (secondary N) is 1. The van der Waals surface area contributed by atoms with Gasteiger partial charge in [0.2, 0.25) is 5.91 Å². The van der Waals surface area contributed by atoms with Crippen LogP contribution in [0.4, 0.5) is 0 Å². The number of aryl methyl sites for hydroxylation is 3. The normalized spacial score (nSPS) is 27.6. The quantitative estimate of drug-likeness (QED) is 0.774. The minimum absolute atomic E-state index is 0.199. The number of aliphatic hydroxyl groups excluding tert-OH is 1. The summed E-state index contributed by atoms with van der Waals surface area (Å²) < 4.78 is 6.11. The van der Waals surface area contributed by atoms with Gasteiger partial charge in [0.1, 0.15) is 11.9 Å². The van der Waals surface area contributed by atoms with Gasteiger partial charge in [-0.15, -0.1) is 0 Å². The second kappa shape index (κ2) is 8.65. The highest BCUT2D eigenvalue weighted by molar-refractivity contribution is 5.76. The molecule has 0 radical (unpaired) electrons. The molecule has 1 saturated carbocycles. The van der Waals surface area contributed by atoms with E-state index in [0.29, 0.717) is 24.7 Å². The number of likely N-dealkylation sites (tertiary alicyclic amines) is 1. The summed E-state index contributed by atoms with van der Waals surface area (Å²) >= 11 is 0. The predicted octanol–water partition coefficient (Wildman–Crippen LogP) is 3.21. The number of amides is 1. The Hall–Kier alpha value is -2.34. The first-order valence-electron chi connectivity index (χ1n) is 11.8. The van der Waals surface area contributed by atoms with Crippen molar-refractivity contribution in [3.05, 3.63) is 46.8 Å². The van der Waals surface area contributed by atoms with E-state index in [1.165, 1.54) is 29.7 Å². The summed E-state index contributed by atoms with van der Waals surface area (Å²) in [5, 5.41) is 18.3. The number of benzene rings is 1. The number of hydrogen-bond donors (Lipinski definition) is 2. The lowest BCUT2D eigenvalue weighted by Crippen LogP contribution is -2.42. The van der Waals surface area contributed by atoms with Gasteiger partial charge in [0.25, 0.3) is 0 Å². The molecule has 0 unspecified atom stereocenters. The number of ether oxygens (including phenoxy) is 1. The third-order valence-corrected chi connectivity index (χ3v) is 7.46. The van der Waals surface area contributed by atoms with E-state index in [2.05, 4.69) is 17.1 Å². The lowest BCUT2D eigenvalue weighted by molar-refractivity contribution is -0.130. The number of nitrogens with zero attached hydrogens (tertiary/aromatic N) is 2. The van der Waals surface area contributed by atoms with Crippen LogP contribution in [-0.2, 0) is 24.1 Å². The average Bonchev–Trinajstić information content (AvgIpc) is 3.38. The third kappa shape index (κ3) is 4.36. The fraction of sp³-hybridized carbons (Fsp3) is 0.600. The van der Waals surface area contributed by atoms with E-state index in [-0.39, 0.29) is 12.0 Å². The molecule has 1 aromatic heterocycles. The van der Waals surface area contributed by atoms with E-state index < -0.39 is 6.10 Å². The minimum Gasteiger partial charge on any atom is -0.488 e. The largest absolute Gasteiger partial charge is 0.488 e. The number of fused-ring (bicyclic) bond motifs is 2. The van der Waals surface area contributed by atoms with Crippen LogP contribution in [0.15, 0.2) is 24.3 Å². The maximum Gasteiger partial charge on any atom is 0.222 e. The maximum atomic E-state index is 12.9. The van der Waals surface area contributed by atoms with Gasteiger partial charge in [-0.25, -0.2) is 0 Å². The highest BCUT2D eigenvalue weighted by Crippen LogP contribution is 2.38. The van der Waals surface area contributed by atoms with Crippen molar-refractivity contribution >= 4 is 5.91 Å². The molecule has 2 aliphatic carbocycles. The number of carbonyl (C=O) groups excluding carboxylic acids is 1. The van der Waals surface area contributed by atoms with Crippen LogP contribution in [0.1, 0.15) is 54.6 Å². The molecule has 2 aromatic rings. The highest BCUT2D eigenvalue weighted by Gasteiger charge is 2.43. The van der Waals surface area contributed by atoms with Gasteiger partial charge in [-0.1, -0.05) is 17.7 Å². The van der Waals surface area contributed by atoms with E-state index in [1.807, 2.05) is 29.2 Å². The van der Waals surface area contributed by atoms with Gasteiger partial charge in [-0.2, -0.15) is 5.10 Å². The summed E-state index contributed by atoms with van der Waals surface area (Å²) in [6.45, 7) is 3.59. The number of H-pyrrole nitrogens is 1. The van der Waals surface area contributed by atoms with Gasteiger partial charge in [0.05, 0.1) is 11.8 Å². The molecule has 1 aliphatic heterocycles. The molecule has 3 aliphatic rings. The monoisotopic (exact) mass is 423 g/mol. The van der Waals surface area contributed by atoms with Crippen LogP contribution >= 0.6 is 0 Å². The number of hydrogen-bond acceptors (Lipinski definition) is 4. The lowest BCUT2D eigenvalue weighted by atomic mass is 9.78. The van der Waals surface area contributed by atoms with Crippen molar-refractivity contribution in [3.8, 4) is 5.75 Å². The SMILES string of the molecule is Cc1ccc(O[C@@H]2C[C@@H]3CN(C(=O)CCc4n[nH]c5c4CCCC5)C[C@@H]3C[C@H]2O)cc1. The van der Waals surface area contributed by atoms with Crippen molar-refractivity contribution < 1.29 is 14.6 Å². The highest BCUT2D eigenvalue weighted by atomic mass is 16.5. The van der Waals surface area contributed by atoms with E-state index in [1.54, 1.807) is 0 Å². The summed E-state index contributed by atoms with van der Waals surface area (Å²) in [4.78, 5) is 14.9. The summed E-state index contributed by atoms with van der Waals surface area (Å²) in [5.74, 6) is 1.80. The van der Waals surface area contributed by atoms with Crippen molar-refractivity contribution in [2.24, 2.45) is 11.8 Å². The van der Waals surface area contributed by atoms with Crippen molar-refractivity contribution in [3.63, 3.8) is 0 Å². The second-order valence-electron chi connectivity index (χ2n) is 9.66. The predicted molar refractivity (Wildman–Crippen MR) is 118 cm³/mol. The number of rotatable bonds is 5. The summed E-state index contributed by atoms with van der Waals surface area (Å²) in [6.07, 6.45) is 6.68. The van der Waals surface area contributed by atoms with E-state index in [4.69, 9.17) is 4.74 Å². The Balaban J connectivity index is 1.16. The molecular weight excluding hydrogens is 390 g/mol. The molecule has 6 nitrogen and oxygen atoms in total. The van der Waals surface area contributed by atoms with Gasteiger partial charge in [-0.3, -0.25) is 9.89 Å². The van der Waals surface area contributed by atoms with Crippen LogP contribution in [-0.4, -0.2) is 51.4 Å². The summed E-state index contributed by atoms with van der Waals surface area (Å²) in [6, 6.07) is 7.98. The van der Waals surface area contributed by atoms with Crippen LogP contribution in [0.2, 0.25) is 0 Å². The number of aromatic amines is 1. The Labute approximate surface area is 184 Å². The molecule has 6 heteroatoms. The van der Waals surface area contributed by atoms with Crippen molar-refractivity contribution in [2.45, 2.75) is 70.5 Å². The first kappa shape index (κ1) is 20.6. The van der Waals surface area contributed by atoms with E-state index in [9.17, 15) is 9.90 Å². The average molecular weight is 424 g/mol. The van der Waals surface area contributed by atoms with Crippen LogP contribution in [0.5, 0.6) is 5.75 Å². The van der Waals surface area contributed by atoms with E-state index in [0.717, 1.165) is 50.2 Å². The molecule has 31 heavy (non-hydrogen) atoms. The second-order valence-corrected chi connectivity index (χ2v) is 9.66. The maximum absolute atomic E-state index is 12.9. The van der Waals surface area contributed by atoms with Crippen molar-refractivity contribution in [1.29, 1.82) is 0 Å². The third-order valence-electron chi connectivity index (χ3n) is 7.46. The van der Waals surface area contributed by atoms with Crippen LogP contribution < -0.4 is 4.74 Å². The Morgan fingerprint density at radius 1 is 1.16 bits per heavy atom. The van der Waals surface area contributed by atoms with Gasteiger partial charge < -0.3 is 14.7 Å². The molecular formula is C25H33N3O3. The van der Waals surface area contributed by atoms with Gasteiger partial charge in [-0.05, 0) is 75.0 Å². The van der Waals surface area contributed by atoms with Gasteiger partial charge >= 0.3 is 0 Å². The molecule has 2 fully saturated rings.